The molecular formula is C49H41N3Si. The van der Waals surface area contributed by atoms with E-state index in [1.165, 1.54) is 55.9 Å². The maximum Gasteiger partial charge on any atom is 0.164 e. The smallest absolute Gasteiger partial charge is 0.164 e. The fraction of sp³-hybridized carbons (Fsp3) is 0.122. The Bertz CT molecular complexity index is 2630. The van der Waals surface area contributed by atoms with Gasteiger partial charge in [-0.2, -0.15) is 0 Å². The van der Waals surface area contributed by atoms with Crippen molar-refractivity contribution in [2.45, 2.75) is 38.9 Å². The predicted octanol–water partition coefficient (Wildman–Crippen LogP) is 12.1. The van der Waals surface area contributed by atoms with E-state index in [1.807, 2.05) is 0 Å². The van der Waals surface area contributed by atoms with Gasteiger partial charge in [0, 0.05) is 16.7 Å². The van der Waals surface area contributed by atoms with Crippen LogP contribution in [0, 0.1) is 0 Å². The maximum atomic E-state index is 5.11. The van der Waals surface area contributed by atoms with Crippen molar-refractivity contribution in [2.24, 2.45) is 0 Å². The molecule has 0 amide bonds. The number of benzene rings is 7. The van der Waals surface area contributed by atoms with E-state index < -0.39 is 8.07 Å². The summed E-state index contributed by atoms with van der Waals surface area (Å²) in [4.78, 5) is 15.3. The second kappa shape index (κ2) is 13.5. The third-order valence-corrected chi connectivity index (χ3v) is 12.7. The lowest BCUT2D eigenvalue weighted by Gasteiger charge is -2.21. The monoisotopic (exact) mass is 699 g/mol. The lowest BCUT2D eigenvalue weighted by atomic mass is 9.96. The average molecular weight is 700 g/mol. The standard InChI is InChI=1S/C49H41N3Si/c1-53(2,3)46-23-7-6-21-44(46)41-19-10-18-40(31-41)39-17-9-16-37(30-39)34-24-27-36(28-25-34)47-50-48(42-29-26-33-13-8-15-38(33)32-42)52-49(51-47)45-22-11-14-35-12-4-5-20-43(35)45/h4-7,9-12,14,16-32H,8,13,15H2,1-3H3. The van der Waals surface area contributed by atoms with Crippen LogP contribution in [0.5, 0.6) is 0 Å². The van der Waals surface area contributed by atoms with Crippen LogP contribution < -0.4 is 5.19 Å². The molecule has 1 aliphatic rings. The van der Waals surface area contributed by atoms with Crippen LogP contribution in [0.25, 0.3) is 78.3 Å². The molecule has 9 rings (SSSR count). The van der Waals surface area contributed by atoms with Gasteiger partial charge in [-0.25, -0.2) is 15.0 Å². The van der Waals surface area contributed by atoms with Gasteiger partial charge in [-0.1, -0.05) is 164 Å². The molecule has 1 heterocycles. The van der Waals surface area contributed by atoms with Gasteiger partial charge >= 0.3 is 0 Å². The fourth-order valence-corrected chi connectivity index (χ4v) is 9.46. The number of hydrogen-bond acceptors (Lipinski definition) is 3. The number of rotatable bonds is 7. The highest BCUT2D eigenvalue weighted by Crippen LogP contribution is 2.34. The Morgan fingerprint density at radius 1 is 0.396 bits per heavy atom. The summed E-state index contributed by atoms with van der Waals surface area (Å²) in [5.74, 6) is 2.07. The van der Waals surface area contributed by atoms with E-state index in [4.69, 9.17) is 15.0 Å². The second-order valence-electron chi connectivity index (χ2n) is 15.2. The molecule has 0 saturated heterocycles. The first-order chi connectivity index (χ1) is 25.9. The van der Waals surface area contributed by atoms with E-state index in [1.54, 1.807) is 0 Å². The Balaban J connectivity index is 1.08. The molecule has 1 aromatic heterocycles. The minimum absolute atomic E-state index is 0.675. The van der Waals surface area contributed by atoms with Gasteiger partial charge in [-0.3, -0.25) is 0 Å². The average Bonchev–Trinajstić information content (AvgIpc) is 3.69. The first-order valence-electron chi connectivity index (χ1n) is 18.6. The SMILES string of the molecule is C[Si](C)(C)c1ccccc1-c1cccc(-c2cccc(-c3ccc(-c4nc(-c5ccc6c(c5)CCC6)nc(-c5cccc6ccccc56)n4)cc3)c2)c1. The van der Waals surface area contributed by atoms with E-state index in [0.29, 0.717) is 17.5 Å². The van der Waals surface area contributed by atoms with Crippen LogP contribution in [0.15, 0.2) is 158 Å². The molecular weight excluding hydrogens is 659 g/mol. The normalized spacial score (nSPS) is 12.6. The molecule has 0 bridgehead atoms. The van der Waals surface area contributed by atoms with Crippen molar-refractivity contribution in [3.8, 4) is 67.5 Å². The molecule has 0 radical (unpaired) electrons. The highest BCUT2D eigenvalue weighted by molar-refractivity contribution is 6.89. The highest BCUT2D eigenvalue weighted by Gasteiger charge is 2.21. The van der Waals surface area contributed by atoms with Gasteiger partial charge in [0.1, 0.15) is 0 Å². The molecule has 256 valence electrons. The highest BCUT2D eigenvalue weighted by atomic mass is 28.3. The summed E-state index contributed by atoms with van der Waals surface area (Å²) in [6.45, 7) is 7.26. The third kappa shape index (κ3) is 6.51. The summed E-state index contributed by atoms with van der Waals surface area (Å²) in [5, 5.41) is 3.79. The Hall–Kier alpha value is -5.97. The number of aryl methyl sites for hydroxylation is 2. The summed E-state index contributed by atoms with van der Waals surface area (Å²) < 4.78 is 0. The molecule has 0 saturated carbocycles. The summed E-state index contributed by atoms with van der Waals surface area (Å²) in [5.41, 5.74) is 13.2. The summed E-state index contributed by atoms with van der Waals surface area (Å²) in [6.07, 6.45) is 3.46. The van der Waals surface area contributed by atoms with E-state index >= 15 is 0 Å². The van der Waals surface area contributed by atoms with Crippen LogP contribution in [0.2, 0.25) is 19.6 Å². The largest absolute Gasteiger partial charge is 0.208 e. The Labute approximate surface area is 313 Å². The van der Waals surface area contributed by atoms with Crippen LogP contribution in [0.3, 0.4) is 0 Å². The van der Waals surface area contributed by atoms with E-state index in [-0.39, 0.29) is 0 Å². The van der Waals surface area contributed by atoms with Crippen LogP contribution in [-0.2, 0) is 12.8 Å². The first kappa shape index (κ1) is 32.9. The van der Waals surface area contributed by atoms with Crippen molar-refractivity contribution in [1.29, 1.82) is 0 Å². The molecule has 0 unspecified atom stereocenters. The summed E-state index contributed by atoms with van der Waals surface area (Å²) in [6, 6.07) is 56.9. The molecule has 0 aliphatic heterocycles. The van der Waals surface area contributed by atoms with Crippen molar-refractivity contribution < 1.29 is 0 Å². The summed E-state index contributed by atoms with van der Waals surface area (Å²) >= 11 is 0. The summed E-state index contributed by atoms with van der Waals surface area (Å²) in [7, 11) is -1.51. The maximum absolute atomic E-state index is 5.11. The van der Waals surface area contributed by atoms with Gasteiger partial charge in [0.2, 0.25) is 0 Å². The molecule has 0 fully saturated rings. The molecule has 1 aliphatic carbocycles. The van der Waals surface area contributed by atoms with E-state index in [9.17, 15) is 0 Å². The van der Waals surface area contributed by atoms with Gasteiger partial charge in [0.25, 0.3) is 0 Å². The van der Waals surface area contributed by atoms with Crippen molar-refractivity contribution in [3.63, 3.8) is 0 Å². The van der Waals surface area contributed by atoms with Crippen LogP contribution in [0.1, 0.15) is 17.5 Å². The van der Waals surface area contributed by atoms with E-state index in [0.717, 1.165) is 40.5 Å². The quantitative estimate of drug-likeness (QED) is 0.155. The number of nitrogens with zero attached hydrogens (tertiary/aromatic N) is 3. The third-order valence-electron chi connectivity index (χ3n) is 10.6. The molecule has 3 nitrogen and oxygen atoms in total. The van der Waals surface area contributed by atoms with Crippen molar-refractivity contribution in [2.75, 3.05) is 0 Å². The minimum Gasteiger partial charge on any atom is -0.208 e. The lowest BCUT2D eigenvalue weighted by Crippen LogP contribution is -2.38. The molecule has 53 heavy (non-hydrogen) atoms. The predicted molar refractivity (Wildman–Crippen MR) is 225 cm³/mol. The van der Waals surface area contributed by atoms with Crippen LogP contribution >= 0.6 is 0 Å². The van der Waals surface area contributed by atoms with Crippen LogP contribution in [0.4, 0.5) is 0 Å². The zero-order chi connectivity index (χ0) is 35.9. The van der Waals surface area contributed by atoms with Crippen molar-refractivity contribution in [3.05, 3.63) is 169 Å². The Morgan fingerprint density at radius 2 is 0.943 bits per heavy atom. The molecule has 0 spiro atoms. The van der Waals surface area contributed by atoms with Gasteiger partial charge in [0.05, 0.1) is 8.07 Å². The zero-order valence-corrected chi connectivity index (χ0v) is 31.5. The molecule has 0 atom stereocenters. The van der Waals surface area contributed by atoms with Gasteiger partial charge in [-0.15, -0.1) is 0 Å². The first-order valence-corrected chi connectivity index (χ1v) is 22.1. The zero-order valence-electron chi connectivity index (χ0n) is 30.5. The second-order valence-corrected chi connectivity index (χ2v) is 20.2. The fourth-order valence-electron chi connectivity index (χ4n) is 7.83. The van der Waals surface area contributed by atoms with Crippen LogP contribution in [-0.4, -0.2) is 23.0 Å². The Morgan fingerprint density at radius 3 is 1.74 bits per heavy atom. The lowest BCUT2D eigenvalue weighted by molar-refractivity contribution is 0.912. The topological polar surface area (TPSA) is 38.7 Å². The minimum atomic E-state index is -1.51. The number of fused-ring (bicyclic) bond motifs is 2. The van der Waals surface area contributed by atoms with Crippen molar-refractivity contribution in [1.82, 2.24) is 15.0 Å². The van der Waals surface area contributed by atoms with Gasteiger partial charge < -0.3 is 0 Å². The molecule has 0 N–H and O–H groups in total. The van der Waals surface area contributed by atoms with E-state index in [2.05, 4.69) is 177 Å². The molecule has 8 aromatic rings. The van der Waals surface area contributed by atoms with Gasteiger partial charge in [0.15, 0.2) is 17.5 Å². The number of aromatic nitrogens is 3. The van der Waals surface area contributed by atoms with Gasteiger partial charge in [-0.05, 0) is 92.7 Å². The number of hydrogen-bond donors (Lipinski definition) is 0. The molecule has 7 aromatic carbocycles. The Kier molecular flexibility index (Phi) is 8.40. The van der Waals surface area contributed by atoms with Crippen molar-refractivity contribution >= 4 is 24.0 Å². The molecule has 4 heteroatoms.